The van der Waals surface area contributed by atoms with Crippen LogP contribution in [-0.2, 0) is 10.0 Å². The van der Waals surface area contributed by atoms with Crippen molar-refractivity contribution < 1.29 is 13.2 Å². The van der Waals surface area contributed by atoms with Crippen LogP contribution in [0.3, 0.4) is 0 Å². The minimum atomic E-state index is -3.70. The van der Waals surface area contributed by atoms with E-state index in [-0.39, 0.29) is 28.1 Å². The molecule has 1 unspecified atom stereocenters. The summed E-state index contributed by atoms with van der Waals surface area (Å²) in [7, 11) is -3.70. The van der Waals surface area contributed by atoms with Gasteiger partial charge < -0.3 is 11.5 Å². The third kappa shape index (κ3) is 3.68. The third-order valence-electron chi connectivity index (χ3n) is 2.92. The summed E-state index contributed by atoms with van der Waals surface area (Å²) >= 11 is 0. The Bertz CT molecular complexity index is 582. The highest BCUT2D eigenvalue weighted by Gasteiger charge is 2.22. The molecule has 0 saturated heterocycles. The van der Waals surface area contributed by atoms with Gasteiger partial charge in [0, 0.05) is 11.6 Å². The van der Waals surface area contributed by atoms with E-state index in [2.05, 4.69) is 4.72 Å². The Morgan fingerprint density at radius 3 is 2.26 bits per heavy atom. The van der Waals surface area contributed by atoms with Gasteiger partial charge in [0.05, 0.1) is 5.69 Å². The van der Waals surface area contributed by atoms with Gasteiger partial charge in [-0.15, -0.1) is 0 Å². The van der Waals surface area contributed by atoms with E-state index in [0.717, 1.165) is 0 Å². The molecule has 7 heteroatoms. The fourth-order valence-corrected chi connectivity index (χ4v) is 2.90. The summed E-state index contributed by atoms with van der Waals surface area (Å²) in [6.45, 7) is 5.59. The lowest BCUT2D eigenvalue weighted by molar-refractivity contribution is 0.1000. The predicted octanol–water partition coefficient (Wildman–Crippen LogP) is 0.690. The van der Waals surface area contributed by atoms with E-state index in [4.69, 9.17) is 11.5 Å². The molecule has 1 rings (SSSR count). The van der Waals surface area contributed by atoms with Crippen LogP contribution in [0.5, 0.6) is 0 Å². The van der Waals surface area contributed by atoms with Crippen LogP contribution in [0.25, 0.3) is 0 Å². The Balaban J connectivity index is 3.12. The maximum absolute atomic E-state index is 12.1. The molecule has 1 amide bonds. The molecule has 0 aromatic heterocycles. The molecule has 1 aromatic carbocycles. The van der Waals surface area contributed by atoms with Crippen LogP contribution in [0.1, 0.15) is 31.1 Å². The van der Waals surface area contributed by atoms with Gasteiger partial charge in [-0.3, -0.25) is 4.79 Å². The highest BCUT2D eigenvalue weighted by molar-refractivity contribution is 7.89. The third-order valence-corrected chi connectivity index (χ3v) is 4.56. The van der Waals surface area contributed by atoms with E-state index < -0.39 is 15.9 Å². The van der Waals surface area contributed by atoms with Crippen LogP contribution < -0.4 is 16.2 Å². The summed E-state index contributed by atoms with van der Waals surface area (Å²) < 4.78 is 26.8. The molecule has 0 aliphatic carbocycles. The number of nitrogen functional groups attached to an aromatic ring is 1. The number of rotatable bonds is 5. The van der Waals surface area contributed by atoms with E-state index in [1.807, 2.05) is 13.8 Å². The normalized spacial score (nSPS) is 13.5. The molecule has 5 N–H and O–H groups in total. The van der Waals surface area contributed by atoms with Crippen LogP contribution in [0.2, 0.25) is 0 Å². The molecule has 0 saturated carbocycles. The highest BCUT2D eigenvalue weighted by atomic mass is 32.2. The van der Waals surface area contributed by atoms with E-state index >= 15 is 0 Å². The van der Waals surface area contributed by atoms with Crippen LogP contribution in [0.4, 0.5) is 5.69 Å². The zero-order chi connectivity index (χ0) is 14.8. The number of hydrogen-bond acceptors (Lipinski definition) is 4. The quantitative estimate of drug-likeness (QED) is 0.690. The number of nitrogens with one attached hydrogen (secondary N) is 1. The lowest BCUT2D eigenvalue weighted by atomic mass is 10.1. The molecular weight excluding hydrogens is 266 g/mol. The fourth-order valence-electron chi connectivity index (χ4n) is 1.39. The molecule has 1 aromatic rings. The first-order valence-electron chi connectivity index (χ1n) is 5.87. The van der Waals surface area contributed by atoms with Crippen molar-refractivity contribution in [2.45, 2.75) is 31.7 Å². The topological polar surface area (TPSA) is 115 Å². The van der Waals surface area contributed by atoms with Gasteiger partial charge >= 0.3 is 0 Å². The number of nitrogens with two attached hydrogens (primary N) is 2. The van der Waals surface area contributed by atoms with E-state index in [9.17, 15) is 13.2 Å². The summed E-state index contributed by atoms with van der Waals surface area (Å²) in [5.74, 6) is -0.500. The Hall–Kier alpha value is -1.60. The number of primary amides is 1. The number of carbonyl (C=O) groups is 1. The van der Waals surface area contributed by atoms with Crippen LogP contribution in [-0.4, -0.2) is 20.4 Å². The SMILES string of the molecule is CC(C)C(C)NS(=O)(=O)c1ccc(C(N)=O)cc1N. The summed E-state index contributed by atoms with van der Waals surface area (Å²) in [6.07, 6.45) is 0. The minimum Gasteiger partial charge on any atom is -0.398 e. The summed E-state index contributed by atoms with van der Waals surface area (Å²) in [5.41, 5.74) is 10.9. The van der Waals surface area contributed by atoms with Crippen molar-refractivity contribution in [3.63, 3.8) is 0 Å². The number of anilines is 1. The number of carbonyl (C=O) groups excluding carboxylic acids is 1. The zero-order valence-electron chi connectivity index (χ0n) is 11.2. The Morgan fingerprint density at radius 1 is 1.26 bits per heavy atom. The molecule has 0 spiro atoms. The number of amides is 1. The monoisotopic (exact) mass is 285 g/mol. The van der Waals surface area contributed by atoms with Gasteiger partial charge in [0.15, 0.2) is 0 Å². The van der Waals surface area contributed by atoms with Crippen molar-refractivity contribution in [1.29, 1.82) is 0 Å². The van der Waals surface area contributed by atoms with E-state index in [0.29, 0.717) is 0 Å². The number of hydrogen-bond donors (Lipinski definition) is 3. The fraction of sp³-hybridized carbons (Fsp3) is 0.417. The van der Waals surface area contributed by atoms with Crippen molar-refractivity contribution in [2.75, 3.05) is 5.73 Å². The zero-order valence-corrected chi connectivity index (χ0v) is 12.0. The summed E-state index contributed by atoms with van der Waals surface area (Å²) in [6, 6.07) is 3.66. The van der Waals surface area contributed by atoms with E-state index in [1.54, 1.807) is 6.92 Å². The van der Waals surface area contributed by atoms with Gasteiger partial charge in [-0.1, -0.05) is 13.8 Å². The van der Waals surface area contributed by atoms with Gasteiger partial charge in [0.2, 0.25) is 15.9 Å². The van der Waals surface area contributed by atoms with Crippen molar-refractivity contribution >= 4 is 21.6 Å². The average Bonchev–Trinajstić information content (AvgIpc) is 2.27. The maximum Gasteiger partial charge on any atom is 0.248 e. The molecule has 19 heavy (non-hydrogen) atoms. The Labute approximate surface area is 113 Å². The Morgan fingerprint density at radius 2 is 1.84 bits per heavy atom. The second-order valence-corrected chi connectivity index (χ2v) is 6.45. The van der Waals surface area contributed by atoms with Crippen LogP contribution >= 0.6 is 0 Å². The lowest BCUT2D eigenvalue weighted by Crippen LogP contribution is -2.36. The van der Waals surface area contributed by atoms with E-state index in [1.165, 1.54) is 18.2 Å². The molecule has 106 valence electrons. The highest BCUT2D eigenvalue weighted by Crippen LogP contribution is 2.20. The van der Waals surface area contributed by atoms with Crippen LogP contribution in [0, 0.1) is 5.92 Å². The molecule has 0 aliphatic heterocycles. The number of sulfonamides is 1. The standard InChI is InChI=1S/C12H19N3O3S/c1-7(2)8(3)15-19(17,18)11-5-4-9(12(14)16)6-10(11)13/h4-8,15H,13H2,1-3H3,(H2,14,16). The van der Waals surface area contributed by atoms with Crippen molar-refractivity contribution in [3.05, 3.63) is 23.8 Å². The molecule has 0 fully saturated rings. The molecule has 1 atom stereocenters. The first-order chi connectivity index (χ1) is 8.65. The first kappa shape index (κ1) is 15.5. The molecule has 0 heterocycles. The first-order valence-corrected chi connectivity index (χ1v) is 7.35. The second kappa shape index (κ2) is 5.58. The molecule has 0 radical (unpaired) electrons. The molecule has 0 bridgehead atoms. The van der Waals surface area contributed by atoms with Gasteiger partial charge in [0.1, 0.15) is 4.90 Å². The molecule has 6 nitrogen and oxygen atoms in total. The summed E-state index contributed by atoms with van der Waals surface area (Å²) in [4.78, 5) is 10.9. The van der Waals surface area contributed by atoms with Gasteiger partial charge in [-0.2, -0.15) is 0 Å². The Kier molecular flexibility index (Phi) is 4.54. The van der Waals surface area contributed by atoms with Gasteiger partial charge in [0.25, 0.3) is 0 Å². The van der Waals surface area contributed by atoms with Crippen molar-refractivity contribution in [2.24, 2.45) is 11.7 Å². The molecular formula is C12H19N3O3S. The molecule has 0 aliphatic rings. The number of benzene rings is 1. The van der Waals surface area contributed by atoms with Crippen LogP contribution in [0.15, 0.2) is 23.1 Å². The maximum atomic E-state index is 12.1. The van der Waals surface area contributed by atoms with Gasteiger partial charge in [-0.25, -0.2) is 13.1 Å². The smallest absolute Gasteiger partial charge is 0.248 e. The largest absolute Gasteiger partial charge is 0.398 e. The summed E-state index contributed by atoms with van der Waals surface area (Å²) in [5, 5.41) is 0. The average molecular weight is 285 g/mol. The minimum absolute atomic E-state index is 0.000226. The predicted molar refractivity (Wildman–Crippen MR) is 74.0 cm³/mol. The second-order valence-electron chi connectivity index (χ2n) is 4.77. The van der Waals surface area contributed by atoms with Crippen molar-refractivity contribution in [1.82, 2.24) is 4.72 Å². The van der Waals surface area contributed by atoms with Gasteiger partial charge in [-0.05, 0) is 31.0 Å². The van der Waals surface area contributed by atoms with Crippen molar-refractivity contribution in [3.8, 4) is 0 Å². The lowest BCUT2D eigenvalue weighted by Gasteiger charge is -2.18.